The quantitative estimate of drug-likeness (QED) is 0.400. The van der Waals surface area contributed by atoms with Gasteiger partial charge < -0.3 is 10.4 Å². The molecule has 0 saturated carbocycles. The van der Waals surface area contributed by atoms with Gasteiger partial charge in [-0.25, -0.2) is 19.2 Å². The summed E-state index contributed by atoms with van der Waals surface area (Å²) in [6.45, 7) is 5.37. The molecule has 2 N–H and O–H groups in total. The van der Waals surface area contributed by atoms with E-state index in [1.165, 1.54) is 22.6 Å². The maximum atomic E-state index is 13.4. The van der Waals surface area contributed by atoms with Gasteiger partial charge in [0.05, 0.1) is 17.4 Å². The number of aromatic nitrogens is 3. The Labute approximate surface area is 193 Å². The van der Waals surface area contributed by atoms with E-state index in [4.69, 9.17) is 16.6 Å². The molecule has 0 spiro atoms. The van der Waals surface area contributed by atoms with Gasteiger partial charge in [0.2, 0.25) is 0 Å². The molecule has 1 atom stereocenters. The van der Waals surface area contributed by atoms with Gasteiger partial charge in [-0.15, -0.1) is 0 Å². The van der Waals surface area contributed by atoms with Crippen molar-refractivity contribution in [3.05, 3.63) is 92.4 Å². The molecular weight excluding hydrogens is 447 g/mol. The summed E-state index contributed by atoms with van der Waals surface area (Å²) in [6, 6.07) is 10.3. The van der Waals surface area contributed by atoms with Crippen LogP contribution in [0.2, 0.25) is 5.15 Å². The monoisotopic (exact) mass is 466 g/mol. The van der Waals surface area contributed by atoms with Gasteiger partial charge in [-0.2, -0.15) is 0 Å². The highest BCUT2D eigenvalue weighted by molar-refractivity contribution is 6.29. The smallest absolute Gasteiger partial charge is 0.356 e. The minimum Gasteiger partial charge on any atom is -0.476 e. The average molecular weight is 467 g/mol. The molecule has 0 unspecified atom stereocenters. The van der Waals surface area contributed by atoms with Crippen molar-refractivity contribution < 1.29 is 14.3 Å². The highest BCUT2D eigenvalue weighted by atomic mass is 35.5. The number of carbonyl (C=O) groups is 1. The molecule has 1 aromatic carbocycles. The fourth-order valence-corrected chi connectivity index (χ4v) is 3.88. The third kappa shape index (κ3) is 4.29. The number of rotatable bonds is 5. The molecule has 3 heterocycles. The number of pyridine rings is 2. The van der Waals surface area contributed by atoms with Crippen molar-refractivity contribution >= 4 is 28.9 Å². The SMILES string of the molecule is Cc1cc([C@@H](C)Nc2ccc(Cl)nc2C(=O)O)c2nc(-c3ccc(F)cc3)c(C)c(=O)n2c1. The maximum Gasteiger partial charge on any atom is 0.356 e. The summed E-state index contributed by atoms with van der Waals surface area (Å²) in [4.78, 5) is 33.4. The number of aromatic carboxylic acids is 1. The van der Waals surface area contributed by atoms with Crippen LogP contribution >= 0.6 is 11.6 Å². The molecule has 0 aliphatic heterocycles. The van der Waals surface area contributed by atoms with E-state index in [-0.39, 0.29) is 27.9 Å². The average Bonchev–Trinajstić information content (AvgIpc) is 2.77. The number of halogens is 2. The van der Waals surface area contributed by atoms with Gasteiger partial charge in [0.1, 0.15) is 16.6 Å². The van der Waals surface area contributed by atoms with Gasteiger partial charge in [0.15, 0.2) is 5.69 Å². The second-order valence-corrected chi connectivity index (χ2v) is 8.15. The number of hydrogen-bond acceptors (Lipinski definition) is 5. The molecule has 0 amide bonds. The van der Waals surface area contributed by atoms with Crippen molar-refractivity contribution in [1.82, 2.24) is 14.4 Å². The lowest BCUT2D eigenvalue weighted by Crippen LogP contribution is -2.22. The van der Waals surface area contributed by atoms with E-state index in [9.17, 15) is 19.1 Å². The van der Waals surface area contributed by atoms with Gasteiger partial charge in [0, 0.05) is 22.9 Å². The van der Waals surface area contributed by atoms with Gasteiger partial charge in [-0.05, 0) is 68.8 Å². The molecule has 7 nitrogen and oxygen atoms in total. The molecule has 0 radical (unpaired) electrons. The summed E-state index contributed by atoms with van der Waals surface area (Å²) in [5.41, 5.74) is 3.27. The Morgan fingerprint density at radius 3 is 2.52 bits per heavy atom. The third-order valence-electron chi connectivity index (χ3n) is 5.33. The summed E-state index contributed by atoms with van der Waals surface area (Å²) >= 11 is 5.86. The van der Waals surface area contributed by atoms with Crippen LogP contribution in [0.4, 0.5) is 10.1 Å². The number of fused-ring (bicyclic) bond motifs is 1. The maximum absolute atomic E-state index is 13.4. The number of hydrogen-bond donors (Lipinski definition) is 2. The number of nitrogens with one attached hydrogen (secondary N) is 1. The second kappa shape index (κ2) is 8.63. The summed E-state index contributed by atoms with van der Waals surface area (Å²) in [6.07, 6.45) is 1.70. The third-order valence-corrected chi connectivity index (χ3v) is 5.55. The molecule has 33 heavy (non-hydrogen) atoms. The molecule has 168 valence electrons. The van der Waals surface area contributed by atoms with Crippen LogP contribution in [0, 0.1) is 19.7 Å². The van der Waals surface area contributed by atoms with E-state index in [0.717, 1.165) is 5.56 Å². The van der Waals surface area contributed by atoms with Crippen LogP contribution in [0.3, 0.4) is 0 Å². The molecule has 9 heteroatoms. The van der Waals surface area contributed by atoms with Gasteiger partial charge in [0.25, 0.3) is 5.56 Å². The summed E-state index contributed by atoms with van der Waals surface area (Å²) in [5, 5.41) is 12.7. The van der Waals surface area contributed by atoms with Crippen LogP contribution in [-0.2, 0) is 0 Å². The summed E-state index contributed by atoms with van der Waals surface area (Å²) in [7, 11) is 0. The lowest BCUT2D eigenvalue weighted by Gasteiger charge is -2.20. The molecule has 0 fully saturated rings. The van der Waals surface area contributed by atoms with E-state index < -0.39 is 12.0 Å². The highest BCUT2D eigenvalue weighted by Gasteiger charge is 2.20. The largest absolute Gasteiger partial charge is 0.476 e. The number of aryl methyl sites for hydroxylation is 1. The van der Waals surface area contributed by atoms with E-state index >= 15 is 0 Å². The Kier molecular flexibility index (Phi) is 5.86. The topological polar surface area (TPSA) is 96.6 Å². The zero-order chi connectivity index (χ0) is 23.9. The van der Waals surface area contributed by atoms with Gasteiger partial charge >= 0.3 is 5.97 Å². The van der Waals surface area contributed by atoms with Crippen LogP contribution in [0.15, 0.2) is 53.5 Å². The first-order chi connectivity index (χ1) is 15.7. The standard InChI is InChI=1S/C24H20ClFN4O3/c1-12-10-17(14(3)27-18-8-9-19(25)28-21(18)24(32)33)22-29-20(13(2)23(31)30(22)11-12)15-4-6-16(26)7-5-15/h4-11,14,27H,1-3H3,(H,32,33)/t14-/m1/s1. The number of nitrogens with zero attached hydrogens (tertiary/aromatic N) is 3. The van der Waals surface area contributed by atoms with Crippen molar-refractivity contribution in [2.45, 2.75) is 26.8 Å². The predicted molar refractivity (Wildman–Crippen MR) is 125 cm³/mol. The first kappa shape index (κ1) is 22.4. The lowest BCUT2D eigenvalue weighted by molar-refractivity contribution is 0.0691. The second-order valence-electron chi connectivity index (χ2n) is 7.77. The Morgan fingerprint density at radius 1 is 1.15 bits per heavy atom. The number of anilines is 1. The fraction of sp³-hybridized carbons (Fsp3) is 0.167. The summed E-state index contributed by atoms with van der Waals surface area (Å²) in [5.74, 6) is -1.60. The number of carboxylic acid groups (broad SMARTS) is 1. The van der Waals surface area contributed by atoms with Crippen LogP contribution in [-0.4, -0.2) is 25.4 Å². The Hall–Kier alpha value is -3.78. The minimum atomic E-state index is -1.22. The van der Waals surface area contributed by atoms with Crippen LogP contribution in [0.25, 0.3) is 16.9 Å². The van der Waals surface area contributed by atoms with Crippen molar-refractivity contribution in [3.8, 4) is 11.3 Å². The van der Waals surface area contributed by atoms with E-state index in [1.54, 1.807) is 31.3 Å². The minimum absolute atomic E-state index is 0.0687. The Morgan fingerprint density at radius 2 is 1.85 bits per heavy atom. The van der Waals surface area contributed by atoms with Gasteiger partial charge in [-0.3, -0.25) is 9.20 Å². The highest BCUT2D eigenvalue weighted by Crippen LogP contribution is 2.28. The number of benzene rings is 1. The molecule has 0 aliphatic rings. The number of carboxylic acids is 1. The lowest BCUT2D eigenvalue weighted by atomic mass is 10.0. The van der Waals surface area contributed by atoms with E-state index in [2.05, 4.69) is 10.3 Å². The molecular formula is C24H20ClFN4O3. The van der Waals surface area contributed by atoms with Crippen molar-refractivity contribution in [2.75, 3.05) is 5.32 Å². The van der Waals surface area contributed by atoms with Crippen molar-refractivity contribution in [3.63, 3.8) is 0 Å². The molecule has 0 aliphatic carbocycles. The fourth-order valence-electron chi connectivity index (χ4n) is 3.73. The first-order valence-corrected chi connectivity index (χ1v) is 10.5. The molecule has 4 aromatic rings. The summed E-state index contributed by atoms with van der Waals surface area (Å²) < 4.78 is 14.9. The van der Waals surface area contributed by atoms with Crippen molar-refractivity contribution in [2.24, 2.45) is 0 Å². The van der Waals surface area contributed by atoms with Crippen LogP contribution in [0.5, 0.6) is 0 Å². The zero-order valence-electron chi connectivity index (χ0n) is 18.1. The van der Waals surface area contributed by atoms with Gasteiger partial charge in [-0.1, -0.05) is 11.6 Å². The van der Waals surface area contributed by atoms with E-state index in [1.807, 2.05) is 19.9 Å². The predicted octanol–water partition coefficient (Wildman–Crippen LogP) is 5.04. The van der Waals surface area contributed by atoms with Crippen LogP contribution < -0.4 is 10.9 Å². The molecule has 3 aromatic heterocycles. The molecule has 0 saturated heterocycles. The Bertz CT molecular complexity index is 1450. The van der Waals surface area contributed by atoms with Crippen LogP contribution in [0.1, 0.15) is 40.1 Å². The molecule has 0 bridgehead atoms. The van der Waals surface area contributed by atoms with Crippen molar-refractivity contribution in [1.29, 1.82) is 0 Å². The molecule has 4 rings (SSSR count). The zero-order valence-corrected chi connectivity index (χ0v) is 18.8. The Balaban J connectivity index is 1.88. The van der Waals surface area contributed by atoms with E-state index in [0.29, 0.717) is 28.0 Å². The normalized spacial score (nSPS) is 12.0. The first-order valence-electron chi connectivity index (χ1n) is 10.1.